The van der Waals surface area contributed by atoms with Gasteiger partial charge >= 0.3 is 0 Å². The Hall–Kier alpha value is -3.12. The Balaban J connectivity index is 1.71. The predicted molar refractivity (Wildman–Crippen MR) is 107 cm³/mol. The molecule has 136 valence electrons. The molecule has 2 heterocycles. The van der Waals surface area contributed by atoms with Crippen LogP contribution in [0.2, 0.25) is 5.02 Å². The number of benzene rings is 2. The van der Waals surface area contributed by atoms with Crippen molar-refractivity contribution in [1.82, 2.24) is 14.9 Å². The van der Waals surface area contributed by atoms with Gasteiger partial charge in [0.25, 0.3) is 5.56 Å². The van der Waals surface area contributed by atoms with Gasteiger partial charge in [-0.3, -0.25) is 14.7 Å². The number of fused-ring (bicyclic) bond motifs is 1. The van der Waals surface area contributed by atoms with Crippen molar-refractivity contribution in [2.24, 2.45) is 4.99 Å². The third-order valence-electron chi connectivity index (χ3n) is 4.29. The summed E-state index contributed by atoms with van der Waals surface area (Å²) in [5, 5.41) is 7.12. The molecule has 0 aliphatic carbocycles. The highest BCUT2D eigenvalue weighted by atomic mass is 35.5. The summed E-state index contributed by atoms with van der Waals surface area (Å²) >= 11 is 5.93. The summed E-state index contributed by atoms with van der Waals surface area (Å²) < 4.78 is 1.60. The number of rotatable bonds is 3. The van der Waals surface area contributed by atoms with Crippen molar-refractivity contribution in [2.45, 2.75) is 19.6 Å². The van der Waals surface area contributed by atoms with E-state index in [1.807, 2.05) is 54.6 Å². The third kappa shape index (κ3) is 3.71. The number of aryl methyl sites for hydroxylation is 1. The highest BCUT2D eigenvalue weighted by molar-refractivity contribution is 6.30. The Morgan fingerprint density at radius 2 is 1.89 bits per heavy atom. The number of guanidine groups is 1. The van der Waals surface area contributed by atoms with Crippen molar-refractivity contribution in [1.29, 1.82) is 0 Å². The number of aliphatic imine (C=N–C) groups is 1. The van der Waals surface area contributed by atoms with Crippen LogP contribution in [0.3, 0.4) is 0 Å². The summed E-state index contributed by atoms with van der Waals surface area (Å²) in [5.41, 5.74) is 2.52. The lowest BCUT2D eigenvalue weighted by Crippen LogP contribution is -2.48. The first-order chi connectivity index (χ1) is 13.1. The van der Waals surface area contributed by atoms with E-state index in [0.29, 0.717) is 29.2 Å². The molecule has 1 aromatic heterocycles. The van der Waals surface area contributed by atoms with Crippen molar-refractivity contribution in [3.8, 4) is 0 Å². The van der Waals surface area contributed by atoms with Crippen LogP contribution in [0.1, 0.15) is 23.0 Å². The molecular weight excluding hydrogens is 362 g/mol. The molecule has 0 saturated heterocycles. The van der Waals surface area contributed by atoms with Gasteiger partial charge in [-0.05, 0) is 30.2 Å². The average Bonchev–Trinajstić information content (AvgIpc) is 2.67. The Kier molecular flexibility index (Phi) is 4.64. The van der Waals surface area contributed by atoms with Crippen LogP contribution in [0.25, 0.3) is 0 Å². The van der Waals surface area contributed by atoms with E-state index in [9.17, 15) is 4.79 Å². The maximum Gasteiger partial charge on any atom is 0.257 e. The van der Waals surface area contributed by atoms with Gasteiger partial charge < -0.3 is 5.32 Å². The zero-order valence-corrected chi connectivity index (χ0v) is 15.4. The molecule has 1 aliphatic rings. The zero-order valence-electron chi connectivity index (χ0n) is 14.7. The molecule has 1 atom stereocenters. The summed E-state index contributed by atoms with van der Waals surface area (Å²) in [6, 6.07) is 18.8. The fourth-order valence-corrected chi connectivity index (χ4v) is 3.12. The van der Waals surface area contributed by atoms with Crippen molar-refractivity contribution in [3.63, 3.8) is 0 Å². The third-order valence-corrected chi connectivity index (χ3v) is 4.54. The number of aromatic nitrogens is 2. The maximum absolute atomic E-state index is 12.6. The van der Waals surface area contributed by atoms with Crippen molar-refractivity contribution < 1.29 is 0 Å². The van der Waals surface area contributed by atoms with Crippen molar-refractivity contribution >= 4 is 23.5 Å². The van der Waals surface area contributed by atoms with Gasteiger partial charge in [0.15, 0.2) is 5.96 Å². The smallest absolute Gasteiger partial charge is 0.257 e. The molecule has 0 amide bonds. The van der Waals surface area contributed by atoms with Crippen LogP contribution in [-0.2, 0) is 6.54 Å². The fraction of sp³-hybridized carbons (Fsp3) is 0.150. The zero-order chi connectivity index (χ0) is 18.8. The van der Waals surface area contributed by atoms with E-state index in [2.05, 4.69) is 20.6 Å². The highest BCUT2D eigenvalue weighted by Gasteiger charge is 2.26. The SMILES string of the molecule is Cc1cc(=O)n2c(n1)NC(=NCc1ccc(Cl)cc1)N[C@@H]2c1ccccc1. The lowest BCUT2D eigenvalue weighted by Gasteiger charge is -2.31. The van der Waals surface area contributed by atoms with Gasteiger partial charge in [0.05, 0.1) is 6.54 Å². The van der Waals surface area contributed by atoms with E-state index in [4.69, 9.17) is 11.6 Å². The van der Waals surface area contributed by atoms with Crippen LogP contribution in [0.4, 0.5) is 5.95 Å². The molecule has 6 nitrogen and oxygen atoms in total. The summed E-state index contributed by atoms with van der Waals surface area (Å²) in [7, 11) is 0. The Morgan fingerprint density at radius 3 is 2.63 bits per heavy atom. The van der Waals surface area contributed by atoms with Crippen LogP contribution in [0.5, 0.6) is 0 Å². The molecule has 0 radical (unpaired) electrons. The second-order valence-electron chi connectivity index (χ2n) is 6.30. The minimum Gasteiger partial charge on any atom is -0.331 e. The second kappa shape index (κ2) is 7.25. The van der Waals surface area contributed by atoms with Gasteiger partial charge in [-0.2, -0.15) is 0 Å². The van der Waals surface area contributed by atoms with E-state index in [1.165, 1.54) is 6.07 Å². The monoisotopic (exact) mass is 379 g/mol. The Morgan fingerprint density at radius 1 is 1.15 bits per heavy atom. The molecule has 3 aromatic rings. The second-order valence-corrected chi connectivity index (χ2v) is 6.74. The van der Waals surface area contributed by atoms with Crippen LogP contribution < -0.4 is 16.2 Å². The molecule has 1 aliphatic heterocycles. The topological polar surface area (TPSA) is 71.3 Å². The first-order valence-electron chi connectivity index (χ1n) is 8.58. The minimum atomic E-state index is -0.382. The van der Waals surface area contributed by atoms with E-state index < -0.39 is 0 Å². The van der Waals surface area contributed by atoms with Gasteiger partial charge in [0, 0.05) is 16.8 Å². The molecule has 4 rings (SSSR count). The molecule has 7 heteroatoms. The summed E-state index contributed by atoms with van der Waals surface area (Å²) in [4.78, 5) is 21.7. The van der Waals surface area contributed by atoms with Crippen molar-refractivity contribution in [3.05, 3.63) is 92.9 Å². The van der Waals surface area contributed by atoms with Crippen LogP contribution in [0.15, 0.2) is 70.5 Å². The van der Waals surface area contributed by atoms with Gasteiger partial charge in [0.1, 0.15) is 6.17 Å². The molecule has 0 fully saturated rings. The van der Waals surface area contributed by atoms with E-state index >= 15 is 0 Å². The van der Waals surface area contributed by atoms with Crippen LogP contribution in [0, 0.1) is 6.92 Å². The van der Waals surface area contributed by atoms with E-state index in [1.54, 1.807) is 11.5 Å². The minimum absolute atomic E-state index is 0.122. The molecule has 0 unspecified atom stereocenters. The first kappa shape index (κ1) is 17.3. The molecular formula is C20H18ClN5O. The molecule has 27 heavy (non-hydrogen) atoms. The van der Waals surface area contributed by atoms with Crippen LogP contribution >= 0.6 is 11.6 Å². The molecule has 2 aromatic carbocycles. The number of nitrogens with zero attached hydrogens (tertiary/aromatic N) is 3. The van der Waals surface area contributed by atoms with Gasteiger partial charge in [-0.25, -0.2) is 9.98 Å². The number of hydrogen-bond donors (Lipinski definition) is 2. The van der Waals surface area contributed by atoms with Gasteiger partial charge in [-0.15, -0.1) is 0 Å². The largest absolute Gasteiger partial charge is 0.331 e. The van der Waals surface area contributed by atoms with E-state index in [-0.39, 0.29) is 11.7 Å². The highest BCUT2D eigenvalue weighted by Crippen LogP contribution is 2.21. The maximum atomic E-state index is 12.6. The van der Waals surface area contributed by atoms with Gasteiger partial charge in [-0.1, -0.05) is 54.1 Å². The number of hydrogen-bond acceptors (Lipinski definition) is 3. The standard InChI is InChI=1S/C20H18ClN5O/c1-13-11-17(27)26-18(15-5-3-2-4-6-15)24-19(25-20(26)23-13)22-12-14-7-9-16(21)10-8-14/h2-11,18H,12H2,1H3,(H2,22,23,24,25)/t18-/m0/s1. The predicted octanol–water partition coefficient (Wildman–Crippen LogP) is 3.32. The number of halogens is 1. The lowest BCUT2D eigenvalue weighted by molar-refractivity contribution is 0.515. The molecule has 0 bridgehead atoms. The van der Waals surface area contributed by atoms with Crippen LogP contribution in [-0.4, -0.2) is 15.5 Å². The number of anilines is 1. The lowest BCUT2D eigenvalue weighted by atomic mass is 10.1. The molecule has 2 N–H and O–H groups in total. The summed E-state index contributed by atoms with van der Waals surface area (Å²) in [5.74, 6) is 1.04. The molecule has 0 spiro atoms. The van der Waals surface area contributed by atoms with Crippen molar-refractivity contribution in [2.75, 3.05) is 5.32 Å². The quantitative estimate of drug-likeness (QED) is 0.732. The Bertz CT molecular complexity index is 1040. The number of nitrogens with one attached hydrogen (secondary N) is 2. The molecule has 0 saturated carbocycles. The first-order valence-corrected chi connectivity index (χ1v) is 8.95. The normalized spacial score (nSPS) is 17.1. The van der Waals surface area contributed by atoms with E-state index in [0.717, 1.165) is 11.1 Å². The Labute approximate surface area is 161 Å². The fourth-order valence-electron chi connectivity index (χ4n) is 2.99. The summed E-state index contributed by atoms with van der Waals surface area (Å²) in [6.45, 7) is 2.28. The average molecular weight is 380 g/mol. The van der Waals surface area contributed by atoms with Gasteiger partial charge in [0.2, 0.25) is 5.95 Å². The summed E-state index contributed by atoms with van der Waals surface area (Å²) in [6.07, 6.45) is -0.382.